The number of hydrogen-bond donors (Lipinski definition) is 0. The van der Waals surface area contributed by atoms with Crippen LogP contribution in [0.5, 0.6) is 0 Å². The molecule has 6 nitrogen and oxygen atoms in total. The van der Waals surface area contributed by atoms with Gasteiger partial charge in [0.2, 0.25) is 0 Å². The van der Waals surface area contributed by atoms with E-state index in [4.69, 9.17) is 0 Å². The molecule has 61 heavy (non-hydrogen) atoms. The standard InChI is InChI=1S/2C12H16NOSi.C7H17Si2.C3H5F3.C2H2F4O.C2H4F2O.CH3F.2Rf/c2*1-5-15(3,4)12-8-6-7-11(9-12)13(2)10-14;1-4-5-8-6-7-9(2)3;1-2-3(4,5)6;3-2(4,5)1-7-6;3-1-2-5-4;1-2;;/h2*5-9H,1H2,2-4H3;4-7H2,1-3H3;2H2,1H3;1H2;1-2H2;1H3;;/q2*-1;;;;;;;. The van der Waals surface area contributed by atoms with Crippen LogP contribution in [0.25, 0.3) is 0 Å². The number of amides is 2. The number of nitrogens with zero attached hydrogens (tertiary/aromatic N) is 2. The van der Waals surface area contributed by atoms with Gasteiger partial charge in [-0.05, 0) is 23.1 Å². The summed E-state index contributed by atoms with van der Waals surface area (Å²) < 4.78 is 105. The largest absolute Gasteiger partial charge is 0.479 e. The third kappa shape index (κ3) is 42.9. The first-order valence-corrected chi connectivity index (χ1v) is 28.4. The second-order valence-corrected chi connectivity index (χ2v) is 26.6. The van der Waals surface area contributed by atoms with E-state index in [0.29, 0.717) is 7.18 Å². The van der Waals surface area contributed by atoms with Gasteiger partial charge in [-0.2, -0.15) is 36.2 Å². The molecule has 0 saturated carbocycles. The maximum atomic E-state index is 10.8. The Morgan fingerprint density at radius 1 is 0.754 bits per heavy atom. The molecule has 2 amide bonds. The average Bonchev–Trinajstić information content (AvgIpc) is 3.20. The quantitative estimate of drug-likeness (QED) is 0.0553. The summed E-state index contributed by atoms with van der Waals surface area (Å²) in [5.74, 6) is 0. The summed E-state index contributed by atoms with van der Waals surface area (Å²) in [5, 5.41) is 2.55. The Balaban J connectivity index is -0.000000118. The Labute approximate surface area is 352 Å². The molecular formula is C39H63F10N2O4Rf2Si4-2. The molecule has 0 saturated heterocycles. The van der Waals surface area contributed by atoms with E-state index in [-0.39, 0.29) is 8.80 Å². The van der Waals surface area contributed by atoms with Crippen LogP contribution in [-0.4, -0.2) is 101 Å². The van der Waals surface area contributed by atoms with Crippen molar-refractivity contribution in [3.05, 3.63) is 73.1 Å². The van der Waals surface area contributed by atoms with Gasteiger partial charge < -0.3 is 19.4 Å². The SMILES string of the molecule is C=C[Si](C)(C)c1cccc(N(C)[C-]=O)c1.C=C[Si](C)(C)c1cccc(N(C)[C-]=O)c1.CCC(F)(F)F.CCC[Si]CC[Si](C)C.CF.FCCOF.FOCC(F)(F)F.[Rf].[Rf]. The zero-order valence-electron chi connectivity index (χ0n) is 37.6. The van der Waals surface area contributed by atoms with Crippen LogP contribution in [0.15, 0.2) is 73.1 Å². The van der Waals surface area contributed by atoms with Gasteiger partial charge >= 0.3 is 12.4 Å². The molecule has 22 heteroatoms. The van der Waals surface area contributed by atoms with Gasteiger partial charge in [0.1, 0.15) is 29.4 Å². The Bertz CT molecular complexity index is 1280. The molecule has 0 heterocycles. The molecular weight excluding hydrogens is 1400 g/mol. The van der Waals surface area contributed by atoms with Crippen molar-refractivity contribution in [2.45, 2.75) is 96.5 Å². The van der Waals surface area contributed by atoms with Crippen molar-refractivity contribution in [2.24, 2.45) is 0 Å². The molecule has 345 valence electrons. The fourth-order valence-electron chi connectivity index (χ4n) is 3.30. The van der Waals surface area contributed by atoms with Crippen LogP contribution in [0.3, 0.4) is 0 Å². The van der Waals surface area contributed by atoms with Crippen LogP contribution >= 0.6 is 0 Å². The third-order valence-electron chi connectivity index (χ3n) is 7.25. The van der Waals surface area contributed by atoms with Crippen LogP contribution in [0.1, 0.15) is 26.7 Å². The van der Waals surface area contributed by atoms with E-state index in [1.165, 1.54) is 54.2 Å². The summed E-state index contributed by atoms with van der Waals surface area (Å²) in [6.07, 6.45) is -4.15. The van der Waals surface area contributed by atoms with Crippen molar-refractivity contribution in [3.8, 4) is 0 Å². The maximum Gasteiger partial charge on any atom is 0.415 e. The van der Waals surface area contributed by atoms with Crippen molar-refractivity contribution in [1.82, 2.24) is 0 Å². The molecule has 0 aliphatic rings. The molecule has 3 radical (unpaired) electrons. The molecule has 2 aromatic carbocycles. The second-order valence-electron chi connectivity index (χ2n) is 13.3. The Hall–Kier alpha value is -5.05. The molecule has 0 spiro atoms. The van der Waals surface area contributed by atoms with Gasteiger partial charge in [-0.3, -0.25) is 4.39 Å². The smallest absolute Gasteiger partial charge is 0.415 e. The summed E-state index contributed by atoms with van der Waals surface area (Å²) in [5.41, 5.74) is 5.84. The predicted molar refractivity (Wildman–Crippen MR) is 233 cm³/mol. The monoisotopic (exact) mass is 1460 g/mol. The number of halogens is 10. The van der Waals surface area contributed by atoms with Gasteiger partial charge in [0.15, 0.2) is 6.61 Å². The van der Waals surface area contributed by atoms with E-state index in [1.807, 2.05) is 60.6 Å². The summed E-state index contributed by atoms with van der Waals surface area (Å²) >= 11 is 0. The zero-order chi connectivity index (χ0) is 47.3. The Morgan fingerprint density at radius 3 is 1.33 bits per heavy atom. The molecule has 0 unspecified atom stereocenters. The van der Waals surface area contributed by atoms with Crippen LogP contribution < -0.4 is 20.2 Å². The van der Waals surface area contributed by atoms with Crippen molar-refractivity contribution < 1.29 is 63.6 Å². The zero-order valence-corrected chi connectivity index (χ0v) is 54.4. The van der Waals surface area contributed by atoms with Crippen LogP contribution in [0.2, 0.25) is 57.4 Å². The van der Waals surface area contributed by atoms with Crippen molar-refractivity contribution in [1.29, 1.82) is 0 Å². The normalized spacial score (nSPS) is 10.3. The number of hydrogen-bond acceptors (Lipinski definition) is 4. The summed E-state index contributed by atoms with van der Waals surface area (Å²) in [6, 6.07) is 20.5. The van der Waals surface area contributed by atoms with E-state index < -0.39 is 54.8 Å². The Morgan fingerprint density at radius 2 is 1.13 bits per heavy atom. The topological polar surface area (TPSA) is 59.1 Å². The maximum absolute atomic E-state index is 10.8. The van der Waals surface area contributed by atoms with Crippen molar-refractivity contribution >= 4 is 69.0 Å². The molecule has 2 rings (SSSR count). The minimum atomic E-state index is -4.55. The molecule has 0 N–H and O–H groups in total. The second kappa shape index (κ2) is 40.4. The molecule has 0 aromatic heterocycles. The average molecular weight is 1460 g/mol. The van der Waals surface area contributed by atoms with Gasteiger partial charge in [0.05, 0.1) is 20.0 Å². The molecule has 0 aliphatic carbocycles. The van der Waals surface area contributed by atoms with E-state index in [2.05, 4.69) is 81.4 Å². The third-order valence-corrected chi connectivity index (χ3v) is 16.1. The van der Waals surface area contributed by atoms with E-state index in [1.54, 1.807) is 14.1 Å². The van der Waals surface area contributed by atoms with E-state index in [0.717, 1.165) is 18.3 Å². The van der Waals surface area contributed by atoms with Gasteiger partial charge in [-0.25, -0.2) is 4.39 Å². The minimum absolute atomic E-state index is 0. The summed E-state index contributed by atoms with van der Waals surface area (Å²) in [6.45, 7) is 21.8. The van der Waals surface area contributed by atoms with Crippen molar-refractivity contribution in [2.75, 3.05) is 51.0 Å². The van der Waals surface area contributed by atoms with Gasteiger partial charge in [-0.1, -0.05) is 124 Å². The predicted octanol–water partition coefficient (Wildman–Crippen LogP) is 11.2. The number of alkyl halides is 8. The molecule has 0 atom stereocenters. The van der Waals surface area contributed by atoms with Crippen molar-refractivity contribution in [3.63, 3.8) is 0 Å². The summed E-state index contributed by atoms with van der Waals surface area (Å²) in [7, 11) is 2.18. The molecule has 0 bridgehead atoms. The Kier molecular flexibility index (Phi) is 46.6. The van der Waals surface area contributed by atoms with E-state index >= 15 is 0 Å². The van der Waals surface area contributed by atoms with E-state index in [9.17, 15) is 53.8 Å². The number of rotatable bonds is 16. The first-order valence-electron chi connectivity index (χ1n) is 18.1. The number of anilines is 2. The first-order chi connectivity index (χ1) is 27.3. The first kappa shape index (κ1) is 70.5. The minimum Gasteiger partial charge on any atom is -0.479 e. The van der Waals surface area contributed by atoms with Gasteiger partial charge in [0, 0.05) is 24.7 Å². The number of benzene rings is 2. The van der Waals surface area contributed by atoms with Gasteiger partial charge in [0.25, 0.3) is 0 Å². The fourth-order valence-corrected chi connectivity index (χ4v) is 9.18. The number of carbonyl (C=O) groups excluding carboxylic acids is 2. The molecule has 0 fully saturated rings. The van der Waals surface area contributed by atoms with Crippen LogP contribution in [0, 0.1) is 0 Å². The fraction of sp³-hybridized carbons (Fsp3) is 0.538. The van der Waals surface area contributed by atoms with Gasteiger partial charge in [-0.15, -0.1) is 48.8 Å². The molecule has 2 aromatic rings. The molecule has 0 aliphatic heterocycles. The van der Waals surface area contributed by atoms with Crippen LogP contribution in [0.4, 0.5) is 55.6 Å². The summed E-state index contributed by atoms with van der Waals surface area (Å²) in [4.78, 5) is 29.1. The van der Waals surface area contributed by atoms with Crippen LogP contribution in [-0.2, 0) is 19.5 Å².